The highest BCUT2D eigenvalue weighted by Gasteiger charge is 2.26. The summed E-state index contributed by atoms with van der Waals surface area (Å²) in [4.78, 5) is 11.5. The van der Waals surface area contributed by atoms with E-state index in [-0.39, 0.29) is 18.5 Å². The van der Waals surface area contributed by atoms with E-state index in [2.05, 4.69) is 10.6 Å². The van der Waals surface area contributed by atoms with Crippen molar-refractivity contribution in [1.29, 1.82) is 0 Å². The number of carbonyl (C=O) groups is 1. The zero-order valence-electron chi connectivity index (χ0n) is 13.4. The van der Waals surface area contributed by atoms with E-state index in [1.165, 1.54) is 0 Å². The summed E-state index contributed by atoms with van der Waals surface area (Å²) in [5.41, 5.74) is -0.553. The van der Waals surface area contributed by atoms with Crippen molar-refractivity contribution in [2.24, 2.45) is 0 Å². The lowest BCUT2D eigenvalue weighted by Crippen LogP contribution is -2.44. The Morgan fingerprint density at radius 3 is 2.19 bits per heavy atom. The number of rotatable bonds is 7. The molecule has 126 valence electrons. The molecule has 2 N–H and O–H groups in total. The molecule has 2 unspecified atom stereocenters. The molecule has 7 heteroatoms. The van der Waals surface area contributed by atoms with Crippen LogP contribution in [0.4, 0.5) is 18.0 Å². The van der Waals surface area contributed by atoms with E-state index in [9.17, 15) is 18.0 Å². The molecule has 0 aromatic rings. The first-order valence-electron chi connectivity index (χ1n) is 7.18. The Morgan fingerprint density at radius 2 is 1.71 bits per heavy atom. The molecule has 0 rings (SSSR count). The van der Waals surface area contributed by atoms with Gasteiger partial charge in [0.05, 0.1) is 0 Å². The molecule has 0 aliphatic heterocycles. The maximum Gasteiger partial charge on any atom is 0.407 e. The largest absolute Gasteiger partial charge is 0.444 e. The summed E-state index contributed by atoms with van der Waals surface area (Å²) in [6.07, 6.45) is -4.80. The minimum atomic E-state index is -4.09. The van der Waals surface area contributed by atoms with Gasteiger partial charge in [-0.05, 0) is 47.5 Å². The number of carbonyl (C=O) groups excluding carboxylic acids is 1. The Balaban J connectivity index is 3.82. The molecule has 0 saturated carbocycles. The number of amides is 1. The van der Waals surface area contributed by atoms with Crippen molar-refractivity contribution in [1.82, 2.24) is 10.6 Å². The van der Waals surface area contributed by atoms with Crippen LogP contribution in [0.3, 0.4) is 0 Å². The van der Waals surface area contributed by atoms with Crippen LogP contribution in [0.1, 0.15) is 53.9 Å². The fourth-order valence-corrected chi connectivity index (χ4v) is 1.65. The summed E-state index contributed by atoms with van der Waals surface area (Å²) in [5, 5.41) is 5.77. The second-order valence-corrected chi connectivity index (χ2v) is 6.36. The quantitative estimate of drug-likeness (QED) is 0.755. The molecule has 0 bridgehead atoms. The van der Waals surface area contributed by atoms with E-state index < -0.39 is 24.3 Å². The van der Waals surface area contributed by atoms with E-state index in [0.29, 0.717) is 13.0 Å². The molecule has 2 atom stereocenters. The molecule has 21 heavy (non-hydrogen) atoms. The molecular formula is C14H27F3N2O2. The topological polar surface area (TPSA) is 50.4 Å². The molecule has 4 nitrogen and oxygen atoms in total. The predicted octanol–water partition coefficient (Wildman–Crippen LogP) is 3.61. The van der Waals surface area contributed by atoms with Crippen LogP contribution in [0.2, 0.25) is 0 Å². The van der Waals surface area contributed by atoms with Gasteiger partial charge in [0.1, 0.15) is 5.60 Å². The molecule has 0 aliphatic carbocycles. The van der Waals surface area contributed by atoms with Crippen LogP contribution < -0.4 is 10.6 Å². The van der Waals surface area contributed by atoms with Crippen LogP contribution >= 0.6 is 0 Å². The Labute approximate surface area is 124 Å². The first kappa shape index (κ1) is 20.0. The van der Waals surface area contributed by atoms with Gasteiger partial charge < -0.3 is 15.4 Å². The van der Waals surface area contributed by atoms with Gasteiger partial charge >= 0.3 is 12.3 Å². The first-order valence-corrected chi connectivity index (χ1v) is 7.18. The summed E-state index contributed by atoms with van der Waals surface area (Å²) in [6, 6.07) is -0.194. The Morgan fingerprint density at radius 1 is 1.14 bits per heavy atom. The van der Waals surface area contributed by atoms with Crippen molar-refractivity contribution >= 4 is 6.09 Å². The maximum absolute atomic E-state index is 12.0. The maximum atomic E-state index is 12.0. The third-order valence-corrected chi connectivity index (χ3v) is 2.63. The molecule has 1 amide bonds. The van der Waals surface area contributed by atoms with Gasteiger partial charge in [-0.1, -0.05) is 0 Å². The highest BCUT2D eigenvalue weighted by Crippen LogP contribution is 2.22. The van der Waals surface area contributed by atoms with Crippen LogP contribution in [0.15, 0.2) is 0 Å². The molecular weight excluding hydrogens is 285 g/mol. The minimum Gasteiger partial charge on any atom is -0.444 e. The molecule has 0 aliphatic rings. The third-order valence-electron chi connectivity index (χ3n) is 2.63. The fourth-order valence-electron chi connectivity index (χ4n) is 1.65. The number of alkyl halides is 3. The number of alkyl carbamates (subject to hydrolysis) is 1. The van der Waals surface area contributed by atoms with Crippen LogP contribution in [0.5, 0.6) is 0 Å². The number of halogens is 3. The lowest BCUT2D eigenvalue weighted by Gasteiger charge is -2.23. The smallest absolute Gasteiger partial charge is 0.407 e. The second-order valence-electron chi connectivity index (χ2n) is 6.36. The molecule has 0 fully saturated rings. The van der Waals surface area contributed by atoms with Gasteiger partial charge in [0.25, 0.3) is 0 Å². The fraction of sp³-hybridized carbons (Fsp3) is 0.929. The summed E-state index contributed by atoms with van der Waals surface area (Å²) < 4.78 is 41.2. The summed E-state index contributed by atoms with van der Waals surface area (Å²) in [5.74, 6) is 0. The average molecular weight is 312 g/mol. The van der Waals surface area contributed by atoms with E-state index in [0.717, 1.165) is 0 Å². The zero-order chi connectivity index (χ0) is 16.7. The molecule has 0 aromatic carbocycles. The van der Waals surface area contributed by atoms with Crippen LogP contribution in [0.25, 0.3) is 0 Å². The van der Waals surface area contributed by atoms with Gasteiger partial charge in [-0.2, -0.15) is 13.2 Å². The monoisotopic (exact) mass is 312 g/mol. The van der Waals surface area contributed by atoms with Crippen molar-refractivity contribution in [3.8, 4) is 0 Å². The standard InChI is InChI=1S/C14H27F3N2O2/c1-10(7-6-8-14(15,16)17)18-9-11(2)19-12(20)21-13(3,4)5/h10-11,18H,6-9H2,1-5H3,(H,19,20). The summed E-state index contributed by atoms with van der Waals surface area (Å²) in [7, 11) is 0. The van der Waals surface area contributed by atoms with Crippen molar-refractivity contribution in [2.75, 3.05) is 6.54 Å². The van der Waals surface area contributed by atoms with Crippen LogP contribution in [-0.4, -0.2) is 36.5 Å². The van der Waals surface area contributed by atoms with E-state index in [4.69, 9.17) is 4.74 Å². The Bertz CT molecular complexity index is 314. The van der Waals surface area contributed by atoms with Gasteiger partial charge in [0.2, 0.25) is 0 Å². The number of hydrogen-bond acceptors (Lipinski definition) is 3. The highest BCUT2D eigenvalue weighted by atomic mass is 19.4. The SMILES string of the molecule is CC(CCCC(F)(F)F)NCC(C)NC(=O)OC(C)(C)C. The van der Waals surface area contributed by atoms with Crippen molar-refractivity contribution in [3.63, 3.8) is 0 Å². The van der Waals surface area contributed by atoms with E-state index >= 15 is 0 Å². The van der Waals surface area contributed by atoms with E-state index in [1.807, 2.05) is 6.92 Å². The molecule has 0 heterocycles. The van der Waals surface area contributed by atoms with Gasteiger partial charge in [-0.3, -0.25) is 0 Å². The first-order chi connectivity index (χ1) is 9.39. The number of ether oxygens (including phenoxy) is 1. The average Bonchev–Trinajstić information content (AvgIpc) is 2.21. The Kier molecular flexibility index (Phi) is 8.06. The number of hydrogen-bond donors (Lipinski definition) is 2. The normalized spacial score (nSPS) is 15.4. The van der Waals surface area contributed by atoms with Crippen molar-refractivity contribution in [2.45, 2.75) is 77.7 Å². The van der Waals surface area contributed by atoms with Gasteiger partial charge in [0, 0.05) is 25.0 Å². The zero-order valence-corrected chi connectivity index (χ0v) is 13.4. The van der Waals surface area contributed by atoms with Gasteiger partial charge in [0.15, 0.2) is 0 Å². The van der Waals surface area contributed by atoms with Crippen molar-refractivity contribution < 1.29 is 22.7 Å². The lowest BCUT2D eigenvalue weighted by atomic mass is 10.1. The minimum absolute atomic E-state index is 0.0322. The van der Waals surface area contributed by atoms with E-state index in [1.54, 1.807) is 27.7 Å². The molecule has 0 spiro atoms. The molecule has 0 radical (unpaired) electrons. The predicted molar refractivity (Wildman–Crippen MR) is 76.2 cm³/mol. The number of nitrogens with one attached hydrogen (secondary N) is 2. The summed E-state index contributed by atoms with van der Waals surface area (Å²) >= 11 is 0. The highest BCUT2D eigenvalue weighted by molar-refractivity contribution is 5.68. The van der Waals surface area contributed by atoms with Crippen LogP contribution in [-0.2, 0) is 4.74 Å². The molecule has 0 aromatic heterocycles. The van der Waals surface area contributed by atoms with Crippen LogP contribution in [0, 0.1) is 0 Å². The van der Waals surface area contributed by atoms with Crippen molar-refractivity contribution in [3.05, 3.63) is 0 Å². The molecule has 0 saturated heterocycles. The van der Waals surface area contributed by atoms with Gasteiger partial charge in [-0.25, -0.2) is 4.79 Å². The Hall–Kier alpha value is -0.980. The lowest BCUT2D eigenvalue weighted by molar-refractivity contribution is -0.135. The summed E-state index contributed by atoms with van der Waals surface area (Å²) in [6.45, 7) is 9.44. The third kappa shape index (κ3) is 13.7. The second kappa shape index (κ2) is 8.46. The van der Waals surface area contributed by atoms with Gasteiger partial charge in [-0.15, -0.1) is 0 Å².